The van der Waals surface area contributed by atoms with Gasteiger partial charge in [-0.2, -0.15) is 0 Å². The molecular formula is C13H10Br2F2N2. The molecule has 0 aliphatic rings. The van der Waals surface area contributed by atoms with Gasteiger partial charge in [0, 0.05) is 15.0 Å². The summed E-state index contributed by atoms with van der Waals surface area (Å²) in [7, 11) is 0. The van der Waals surface area contributed by atoms with Crippen molar-refractivity contribution < 1.29 is 8.78 Å². The van der Waals surface area contributed by atoms with Gasteiger partial charge in [0.2, 0.25) is 0 Å². The van der Waals surface area contributed by atoms with E-state index in [1.54, 1.807) is 0 Å². The van der Waals surface area contributed by atoms with Gasteiger partial charge in [-0.1, -0.05) is 31.9 Å². The van der Waals surface area contributed by atoms with E-state index < -0.39 is 17.7 Å². The van der Waals surface area contributed by atoms with Gasteiger partial charge >= 0.3 is 0 Å². The summed E-state index contributed by atoms with van der Waals surface area (Å²) in [5, 5.41) is 0. The van der Waals surface area contributed by atoms with Gasteiger partial charge in [-0.05, 0) is 41.5 Å². The normalized spacial score (nSPS) is 12.5. The van der Waals surface area contributed by atoms with Crippen LogP contribution in [-0.2, 0) is 0 Å². The van der Waals surface area contributed by atoms with Crippen LogP contribution in [0.2, 0.25) is 0 Å². The average molecular weight is 392 g/mol. The molecule has 1 unspecified atom stereocenters. The first-order valence-corrected chi connectivity index (χ1v) is 6.96. The number of hydrazine groups is 1. The molecular weight excluding hydrogens is 382 g/mol. The standard InChI is InChI=1S/C13H10Br2F2N2/c14-9-1-7(2-10(15)5-9)13(19-18)8-3-11(16)6-12(17)4-8/h1-6,13,19H,18H2. The molecule has 100 valence electrons. The fourth-order valence-electron chi connectivity index (χ4n) is 1.87. The van der Waals surface area contributed by atoms with Crippen LogP contribution in [0.25, 0.3) is 0 Å². The lowest BCUT2D eigenvalue weighted by atomic mass is 9.99. The van der Waals surface area contributed by atoms with Gasteiger partial charge in [-0.15, -0.1) is 0 Å². The van der Waals surface area contributed by atoms with E-state index in [0.29, 0.717) is 5.56 Å². The largest absolute Gasteiger partial charge is 0.271 e. The Labute approximate surface area is 126 Å². The Hall–Kier alpha value is -0.820. The third-order valence-electron chi connectivity index (χ3n) is 2.60. The minimum absolute atomic E-state index is 0.421. The molecule has 19 heavy (non-hydrogen) atoms. The van der Waals surface area contributed by atoms with E-state index in [-0.39, 0.29) is 0 Å². The monoisotopic (exact) mass is 390 g/mol. The summed E-state index contributed by atoms with van der Waals surface area (Å²) in [4.78, 5) is 0. The molecule has 0 heterocycles. The van der Waals surface area contributed by atoms with E-state index in [2.05, 4.69) is 37.3 Å². The Kier molecular flexibility index (Phi) is 4.67. The molecule has 1 atom stereocenters. The predicted octanol–water partition coefficient (Wildman–Crippen LogP) is 4.04. The number of halogens is 4. The lowest BCUT2D eigenvalue weighted by Gasteiger charge is -2.18. The molecule has 6 heteroatoms. The maximum absolute atomic E-state index is 13.3. The van der Waals surface area contributed by atoms with Crippen molar-refractivity contribution in [2.45, 2.75) is 6.04 Å². The first-order chi connectivity index (χ1) is 8.99. The van der Waals surface area contributed by atoms with Crippen LogP contribution in [0, 0.1) is 11.6 Å². The van der Waals surface area contributed by atoms with Crippen LogP contribution < -0.4 is 11.3 Å². The molecule has 0 saturated heterocycles. The van der Waals surface area contributed by atoms with Crippen molar-refractivity contribution in [3.05, 3.63) is 68.1 Å². The van der Waals surface area contributed by atoms with E-state index >= 15 is 0 Å². The van der Waals surface area contributed by atoms with Crippen LogP contribution >= 0.6 is 31.9 Å². The van der Waals surface area contributed by atoms with Crippen molar-refractivity contribution >= 4 is 31.9 Å². The summed E-state index contributed by atoms with van der Waals surface area (Å²) < 4.78 is 28.2. The quantitative estimate of drug-likeness (QED) is 0.612. The van der Waals surface area contributed by atoms with E-state index in [9.17, 15) is 8.78 Å². The zero-order valence-electron chi connectivity index (χ0n) is 9.63. The van der Waals surface area contributed by atoms with Crippen molar-refractivity contribution in [3.8, 4) is 0 Å². The maximum atomic E-state index is 13.3. The summed E-state index contributed by atoms with van der Waals surface area (Å²) in [6.45, 7) is 0. The summed E-state index contributed by atoms with van der Waals surface area (Å²) in [5.41, 5.74) is 3.78. The second-order valence-electron chi connectivity index (χ2n) is 4.01. The summed E-state index contributed by atoms with van der Waals surface area (Å²) >= 11 is 6.73. The van der Waals surface area contributed by atoms with Crippen molar-refractivity contribution in [2.24, 2.45) is 5.84 Å². The summed E-state index contributed by atoms with van der Waals surface area (Å²) in [6, 6.07) is 8.36. The van der Waals surface area contributed by atoms with E-state index in [4.69, 9.17) is 5.84 Å². The molecule has 2 aromatic rings. The molecule has 2 aromatic carbocycles. The number of hydrogen-bond acceptors (Lipinski definition) is 2. The van der Waals surface area contributed by atoms with Gasteiger partial charge in [0.15, 0.2) is 0 Å². The first kappa shape index (κ1) is 14.6. The van der Waals surface area contributed by atoms with Gasteiger partial charge < -0.3 is 0 Å². The highest BCUT2D eigenvalue weighted by molar-refractivity contribution is 9.11. The summed E-state index contributed by atoms with van der Waals surface area (Å²) in [5.74, 6) is 4.24. The van der Waals surface area contributed by atoms with Crippen LogP contribution in [0.5, 0.6) is 0 Å². The van der Waals surface area contributed by atoms with Crippen molar-refractivity contribution in [1.82, 2.24) is 5.43 Å². The van der Waals surface area contributed by atoms with Gasteiger partial charge in [0.05, 0.1) is 6.04 Å². The van der Waals surface area contributed by atoms with Crippen LogP contribution in [0.4, 0.5) is 8.78 Å². The third kappa shape index (κ3) is 3.60. The smallest absolute Gasteiger partial charge is 0.126 e. The van der Waals surface area contributed by atoms with Crippen LogP contribution in [-0.4, -0.2) is 0 Å². The Morgan fingerprint density at radius 2 is 1.32 bits per heavy atom. The minimum Gasteiger partial charge on any atom is -0.271 e. The predicted molar refractivity (Wildman–Crippen MR) is 77.4 cm³/mol. The molecule has 0 radical (unpaired) electrons. The molecule has 0 aromatic heterocycles. The number of hydrogen-bond donors (Lipinski definition) is 2. The second-order valence-corrected chi connectivity index (χ2v) is 5.84. The van der Waals surface area contributed by atoms with E-state index in [1.165, 1.54) is 12.1 Å². The molecule has 0 spiro atoms. The zero-order chi connectivity index (χ0) is 14.0. The van der Waals surface area contributed by atoms with Crippen LogP contribution in [0.15, 0.2) is 45.3 Å². The number of rotatable bonds is 3. The molecule has 0 aliphatic heterocycles. The fraction of sp³-hybridized carbons (Fsp3) is 0.0769. The Morgan fingerprint density at radius 1 is 0.842 bits per heavy atom. The lowest BCUT2D eigenvalue weighted by molar-refractivity contribution is 0.566. The molecule has 0 fully saturated rings. The van der Waals surface area contributed by atoms with Crippen LogP contribution in [0.1, 0.15) is 17.2 Å². The molecule has 3 N–H and O–H groups in total. The average Bonchev–Trinajstić information content (AvgIpc) is 2.27. The van der Waals surface area contributed by atoms with Gasteiger partial charge in [0.25, 0.3) is 0 Å². The fourth-order valence-corrected chi connectivity index (χ4v) is 3.20. The molecule has 0 bridgehead atoms. The van der Waals surface area contributed by atoms with Crippen molar-refractivity contribution in [2.75, 3.05) is 0 Å². The number of nitrogens with one attached hydrogen (secondary N) is 1. The lowest BCUT2D eigenvalue weighted by Crippen LogP contribution is -2.29. The minimum atomic E-state index is -0.635. The highest BCUT2D eigenvalue weighted by atomic mass is 79.9. The molecule has 0 saturated carbocycles. The van der Waals surface area contributed by atoms with Crippen molar-refractivity contribution in [1.29, 1.82) is 0 Å². The number of benzene rings is 2. The highest BCUT2D eigenvalue weighted by Gasteiger charge is 2.15. The Balaban J connectivity index is 2.49. The first-order valence-electron chi connectivity index (χ1n) is 5.37. The van der Waals surface area contributed by atoms with E-state index in [0.717, 1.165) is 20.6 Å². The third-order valence-corrected chi connectivity index (χ3v) is 3.52. The second kappa shape index (κ2) is 6.09. The Morgan fingerprint density at radius 3 is 1.79 bits per heavy atom. The zero-order valence-corrected chi connectivity index (χ0v) is 12.8. The van der Waals surface area contributed by atoms with Gasteiger partial charge in [-0.25, -0.2) is 14.2 Å². The molecule has 2 rings (SSSR count). The summed E-state index contributed by atoms with van der Waals surface area (Å²) in [6.07, 6.45) is 0. The van der Waals surface area contributed by atoms with Gasteiger partial charge in [-0.3, -0.25) is 5.84 Å². The van der Waals surface area contributed by atoms with E-state index in [1.807, 2.05) is 18.2 Å². The molecule has 2 nitrogen and oxygen atoms in total. The molecule has 0 amide bonds. The maximum Gasteiger partial charge on any atom is 0.126 e. The van der Waals surface area contributed by atoms with Crippen molar-refractivity contribution in [3.63, 3.8) is 0 Å². The number of nitrogens with two attached hydrogens (primary N) is 1. The SMILES string of the molecule is NNC(c1cc(F)cc(F)c1)c1cc(Br)cc(Br)c1. The highest BCUT2D eigenvalue weighted by Crippen LogP contribution is 2.28. The topological polar surface area (TPSA) is 38.0 Å². The molecule has 0 aliphatic carbocycles. The Bertz CT molecular complexity index is 513. The van der Waals surface area contributed by atoms with Crippen LogP contribution in [0.3, 0.4) is 0 Å². The van der Waals surface area contributed by atoms with Gasteiger partial charge in [0.1, 0.15) is 11.6 Å².